The summed E-state index contributed by atoms with van der Waals surface area (Å²) in [5, 5.41) is 15.2. The average molecular weight is 390 g/mol. The topological polar surface area (TPSA) is 67.2 Å². The van der Waals surface area contributed by atoms with Crippen LogP contribution in [0.4, 0.5) is 0 Å². The minimum absolute atomic E-state index is 0.0505. The van der Waals surface area contributed by atoms with Crippen LogP contribution in [-0.4, -0.2) is 20.8 Å². The normalized spacial score (nSPS) is 12.1. The third-order valence-electron chi connectivity index (χ3n) is 4.58. The molecule has 0 atom stereocenters. The molecule has 0 unspecified atom stereocenters. The molecule has 0 spiro atoms. The molecule has 0 saturated carbocycles. The first-order chi connectivity index (χ1) is 12.5. The van der Waals surface area contributed by atoms with Crippen molar-refractivity contribution in [3.8, 4) is 0 Å². The van der Waals surface area contributed by atoms with Crippen LogP contribution in [0.3, 0.4) is 0 Å². The Kier molecular flexibility index (Phi) is 6.76. The third-order valence-corrected chi connectivity index (χ3v) is 5.32. The van der Waals surface area contributed by atoms with E-state index in [-0.39, 0.29) is 5.91 Å². The highest BCUT2D eigenvalue weighted by Crippen LogP contribution is 2.29. The molecule has 1 heterocycles. The molecule has 0 aliphatic heterocycles. The van der Waals surface area contributed by atoms with E-state index in [9.17, 15) is 9.90 Å². The summed E-state index contributed by atoms with van der Waals surface area (Å²) in [5.41, 5.74) is 3.30. The Labute approximate surface area is 166 Å². The van der Waals surface area contributed by atoms with E-state index < -0.39 is 5.60 Å². The van der Waals surface area contributed by atoms with Crippen molar-refractivity contribution in [3.05, 3.63) is 46.6 Å². The van der Waals surface area contributed by atoms with Crippen LogP contribution in [-0.2, 0) is 23.9 Å². The van der Waals surface area contributed by atoms with Gasteiger partial charge in [0.15, 0.2) is 0 Å². The number of nitrogens with one attached hydrogen (secondary N) is 1. The van der Waals surface area contributed by atoms with E-state index in [1.54, 1.807) is 31.6 Å². The predicted molar refractivity (Wildman–Crippen MR) is 111 cm³/mol. The minimum atomic E-state index is -0.979. The highest BCUT2D eigenvalue weighted by molar-refractivity contribution is 7.97. The Morgan fingerprint density at radius 3 is 2.22 bits per heavy atom. The van der Waals surface area contributed by atoms with E-state index >= 15 is 0 Å². The molecule has 6 heteroatoms. The molecule has 0 aliphatic rings. The van der Waals surface area contributed by atoms with Gasteiger partial charge in [-0.1, -0.05) is 45.9 Å². The van der Waals surface area contributed by atoms with Gasteiger partial charge in [0.25, 0.3) is 0 Å². The SMILES string of the molecule is CC(C)c1cccc(C(C)C)c1CC(=O)NSc1cc(C(C)(C)O)n(C)n1. The fraction of sp³-hybridized carbons (Fsp3) is 0.524. The number of carbonyl (C=O) groups is 1. The summed E-state index contributed by atoms with van der Waals surface area (Å²) in [5.74, 6) is 0.680. The first kappa shape index (κ1) is 21.5. The van der Waals surface area contributed by atoms with Gasteiger partial charge in [0.1, 0.15) is 10.6 Å². The highest BCUT2D eigenvalue weighted by Gasteiger charge is 2.22. The molecular weight excluding hydrogens is 358 g/mol. The van der Waals surface area contributed by atoms with Gasteiger partial charge in [0, 0.05) is 19.0 Å². The molecule has 0 aliphatic carbocycles. The molecular formula is C21H31N3O2S. The van der Waals surface area contributed by atoms with E-state index in [0.29, 0.717) is 29.0 Å². The lowest BCUT2D eigenvalue weighted by Gasteiger charge is -2.19. The van der Waals surface area contributed by atoms with Gasteiger partial charge in [-0.3, -0.25) is 14.2 Å². The minimum Gasteiger partial charge on any atom is -0.384 e. The molecule has 0 saturated heterocycles. The van der Waals surface area contributed by atoms with Gasteiger partial charge in [-0.05, 0) is 48.4 Å². The van der Waals surface area contributed by atoms with Gasteiger partial charge in [0.2, 0.25) is 5.91 Å². The number of hydrogen-bond donors (Lipinski definition) is 2. The van der Waals surface area contributed by atoms with Gasteiger partial charge in [-0.25, -0.2) is 0 Å². The molecule has 1 aromatic heterocycles. The summed E-state index contributed by atoms with van der Waals surface area (Å²) in [6.45, 7) is 12.0. The Bertz CT molecular complexity index is 778. The van der Waals surface area contributed by atoms with E-state index in [4.69, 9.17) is 0 Å². The van der Waals surface area contributed by atoms with Crippen molar-refractivity contribution in [1.82, 2.24) is 14.5 Å². The van der Waals surface area contributed by atoms with Crippen LogP contribution >= 0.6 is 11.9 Å². The van der Waals surface area contributed by atoms with Gasteiger partial charge in [-0.15, -0.1) is 0 Å². The number of carbonyl (C=O) groups excluding carboxylic acids is 1. The molecule has 5 nitrogen and oxygen atoms in total. The molecule has 0 radical (unpaired) electrons. The molecule has 0 fully saturated rings. The molecule has 27 heavy (non-hydrogen) atoms. The second-order valence-electron chi connectivity index (χ2n) is 8.08. The zero-order valence-electron chi connectivity index (χ0n) is 17.3. The summed E-state index contributed by atoms with van der Waals surface area (Å²) in [4.78, 5) is 12.6. The number of aryl methyl sites for hydroxylation is 1. The fourth-order valence-electron chi connectivity index (χ4n) is 3.28. The molecule has 1 aromatic carbocycles. The zero-order chi connectivity index (χ0) is 20.4. The van der Waals surface area contributed by atoms with Crippen LogP contribution in [0.5, 0.6) is 0 Å². The lowest BCUT2D eigenvalue weighted by molar-refractivity contribution is -0.118. The van der Waals surface area contributed by atoms with Crippen molar-refractivity contribution in [2.24, 2.45) is 7.05 Å². The van der Waals surface area contributed by atoms with Gasteiger partial charge in [-0.2, -0.15) is 5.10 Å². The van der Waals surface area contributed by atoms with Crippen molar-refractivity contribution in [2.75, 3.05) is 0 Å². The molecule has 2 rings (SSSR count). The Morgan fingerprint density at radius 1 is 1.22 bits per heavy atom. The molecule has 148 valence electrons. The number of benzene rings is 1. The van der Waals surface area contributed by atoms with Crippen LogP contribution in [0.15, 0.2) is 29.3 Å². The highest BCUT2D eigenvalue weighted by atomic mass is 32.2. The van der Waals surface area contributed by atoms with E-state index in [1.165, 1.54) is 23.1 Å². The van der Waals surface area contributed by atoms with E-state index in [0.717, 1.165) is 5.56 Å². The smallest absolute Gasteiger partial charge is 0.234 e. The maximum Gasteiger partial charge on any atom is 0.234 e. The number of rotatable bonds is 7. The Balaban J connectivity index is 2.13. The summed E-state index contributed by atoms with van der Waals surface area (Å²) in [6, 6.07) is 8.10. The third kappa shape index (κ3) is 5.36. The number of nitrogens with zero attached hydrogens (tertiary/aromatic N) is 2. The van der Waals surface area contributed by atoms with Gasteiger partial charge >= 0.3 is 0 Å². The van der Waals surface area contributed by atoms with Crippen molar-refractivity contribution in [2.45, 2.75) is 70.4 Å². The average Bonchev–Trinajstić information content (AvgIpc) is 2.94. The monoisotopic (exact) mass is 389 g/mol. The summed E-state index contributed by atoms with van der Waals surface area (Å²) < 4.78 is 4.53. The first-order valence-electron chi connectivity index (χ1n) is 9.35. The van der Waals surface area contributed by atoms with Crippen LogP contribution in [0, 0.1) is 0 Å². The van der Waals surface area contributed by atoms with Crippen LogP contribution in [0.25, 0.3) is 0 Å². The number of aromatic nitrogens is 2. The lowest BCUT2D eigenvalue weighted by atomic mass is 9.87. The van der Waals surface area contributed by atoms with Crippen LogP contribution in [0.2, 0.25) is 0 Å². The molecule has 0 bridgehead atoms. The summed E-state index contributed by atoms with van der Waals surface area (Å²) >= 11 is 1.18. The second-order valence-corrected chi connectivity index (χ2v) is 8.91. The van der Waals surface area contributed by atoms with Crippen molar-refractivity contribution in [1.29, 1.82) is 0 Å². The number of aliphatic hydroxyl groups is 1. The van der Waals surface area contributed by atoms with E-state index in [2.05, 4.69) is 55.7 Å². The maximum absolute atomic E-state index is 12.6. The predicted octanol–water partition coefficient (Wildman–Crippen LogP) is 4.26. The van der Waals surface area contributed by atoms with Crippen LogP contribution < -0.4 is 4.72 Å². The second kappa shape index (κ2) is 8.48. The number of amides is 1. The quantitative estimate of drug-likeness (QED) is 0.694. The Hall–Kier alpha value is -1.79. The molecule has 2 N–H and O–H groups in total. The van der Waals surface area contributed by atoms with Gasteiger partial charge in [0.05, 0.1) is 12.1 Å². The van der Waals surface area contributed by atoms with Crippen molar-refractivity contribution < 1.29 is 9.90 Å². The zero-order valence-corrected chi connectivity index (χ0v) is 18.1. The lowest BCUT2D eigenvalue weighted by Crippen LogP contribution is -2.20. The molecule has 1 amide bonds. The largest absolute Gasteiger partial charge is 0.384 e. The van der Waals surface area contributed by atoms with Gasteiger partial charge < -0.3 is 5.11 Å². The fourth-order valence-corrected chi connectivity index (χ4v) is 3.90. The first-order valence-corrected chi connectivity index (χ1v) is 10.2. The maximum atomic E-state index is 12.6. The Morgan fingerprint density at radius 2 is 1.78 bits per heavy atom. The molecule has 2 aromatic rings. The van der Waals surface area contributed by atoms with Crippen molar-refractivity contribution >= 4 is 17.9 Å². The van der Waals surface area contributed by atoms with Crippen LogP contribution in [0.1, 0.15) is 75.8 Å². The van der Waals surface area contributed by atoms with E-state index in [1.807, 2.05) is 0 Å². The summed E-state index contributed by atoms with van der Waals surface area (Å²) in [6.07, 6.45) is 0.347. The van der Waals surface area contributed by atoms with Crippen molar-refractivity contribution in [3.63, 3.8) is 0 Å². The summed E-state index contributed by atoms with van der Waals surface area (Å²) in [7, 11) is 1.78. The standard InChI is InChI=1S/C21H31N3O2S/c1-13(2)15-9-8-10-16(14(3)4)17(15)11-19(25)23-27-20-12-18(21(5,6)26)24(7)22-20/h8-10,12-14,26H,11H2,1-7H3,(H,23,25). The number of hydrogen-bond acceptors (Lipinski definition) is 4.